The molecule has 0 N–H and O–H groups in total. The maximum Gasteiger partial charge on any atom is 0.0165 e. The summed E-state index contributed by atoms with van der Waals surface area (Å²) in [5.41, 5.74) is 15.5. The average Bonchev–Trinajstić information content (AvgIpc) is 3.44. The van der Waals surface area contributed by atoms with Crippen molar-refractivity contribution in [2.45, 2.75) is 19.3 Å². The van der Waals surface area contributed by atoms with Crippen molar-refractivity contribution in [1.82, 2.24) is 0 Å². The van der Waals surface area contributed by atoms with Crippen molar-refractivity contribution in [3.8, 4) is 55.6 Å². The normalized spacial score (nSPS) is 13.1. The minimum atomic E-state index is -0.106. The third-order valence-electron chi connectivity index (χ3n) is 11.3. The molecular formula is C51H36. The number of hydrogen-bond donors (Lipinski definition) is 0. The summed E-state index contributed by atoms with van der Waals surface area (Å²) >= 11 is 0. The largest absolute Gasteiger partial charge is 0.0622 e. The highest BCUT2D eigenvalue weighted by Gasteiger charge is 2.38. The van der Waals surface area contributed by atoms with E-state index in [0.29, 0.717) is 0 Å². The molecule has 9 aromatic carbocycles. The number of rotatable bonds is 4. The molecule has 10 rings (SSSR count). The zero-order valence-corrected chi connectivity index (χ0v) is 28.8. The Labute approximate surface area is 299 Å². The molecule has 240 valence electrons. The molecule has 0 unspecified atom stereocenters. The first kappa shape index (κ1) is 29.7. The van der Waals surface area contributed by atoms with Crippen LogP contribution in [0.15, 0.2) is 182 Å². The molecular weight excluding hydrogens is 613 g/mol. The van der Waals surface area contributed by atoms with E-state index in [0.717, 1.165) is 0 Å². The fraction of sp³-hybridized carbons (Fsp3) is 0.0588. The molecule has 0 bridgehead atoms. The molecule has 9 aromatic rings. The lowest BCUT2D eigenvalue weighted by molar-refractivity contribution is 0.662. The first-order valence-corrected chi connectivity index (χ1v) is 17.9. The van der Waals surface area contributed by atoms with E-state index >= 15 is 0 Å². The van der Waals surface area contributed by atoms with Crippen LogP contribution >= 0.6 is 0 Å². The maximum absolute atomic E-state index is 2.39. The summed E-state index contributed by atoms with van der Waals surface area (Å²) in [5, 5.41) is 7.73. The zero-order valence-electron chi connectivity index (χ0n) is 28.8. The van der Waals surface area contributed by atoms with Gasteiger partial charge in [-0.15, -0.1) is 0 Å². The molecule has 0 amide bonds. The molecule has 1 aliphatic rings. The van der Waals surface area contributed by atoms with E-state index in [-0.39, 0.29) is 5.41 Å². The zero-order chi connectivity index (χ0) is 34.1. The van der Waals surface area contributed by atoms with Gasteiger partial charge < -0.3 is 0 Å². The van der Waals surface area contributed by atoms with Crippen LogP contribution in [0.4, 0.5) is 0 Å². The summed E-state index contributed by atoms with van der Waals surface area (Å²) in [4.78, 5) is 0. The van der Waals surface area contributed by atoms with Gasteiger partial charge in [-0.1, -0.05) is 196 Å². The Morgan fingerprint density at radius 3 is 1.33 bits per heavy atom. The molecule has 0 heterocycles. The van der Waals surface area contributed by atoms with Crippen molar-refractivity contribution in [3.05, 3.63) is 193 Å². The summed E-state index contributed by atoms with van der Waals surface area (Å²) in [7, 11) is 0. The Kier molecular flexibility index (Phi) is 6.63. The van der Waals surface area contributed by atoms with Crippen LogP contribution in [-0.2, 0) is 5.41 Å². The Morgan fingerprint density at radius 2 is 0.745 bits per heavy atom. The van der Waals surface area contributed by atoms with Crippen LogP contribution in [0.2, 0.25) is 0 Å². The fourth-order valence-corrected chi connectivity index (χ4v) is 8.92. The summed E-state index contributed by atoms with van der Waals surface area (Å²) < 4.78 is 0. The molecule has 0 radical (unpaired) electrons. The highest BCUT2D eigenvalue weighted by molar-refractivity contribution is 6.21. The number of hydrogen-bond acceptors (Lipinski definition) is 0. The van der Waals surface area contributed by atoms with Crippen LogP contribution < -0.4 is 0 Å². The first-order chi connectivity index (χ1) is 25.1. The van der Waals surface area contributed by atoms with Crippen LogP contribution in [-0.4, -0.2) is 0 Å². The molecule has 0 spiro atoms. The standard InChI is InChI=1S/C51H36/c1-51(2)46-32-31-35-15-6-7-16-39(35)49(46)45-22-12-21-40(50(45)51)36-25-29-38(30-26-36)48-43-19-10-8-17-41(43)47(42-18-9-11-20-44(42)48)37-27-23-34(24-28-37)33-13-4-3-5-14-33/h3-32H,1-2H3. The minimum Gasteiger partial charge on any atom is -0.0622 e. The molecule has 0 fully saturated rings. The third-order valence-corrected chi connectivity index (χ3v) is 11.3. The summed E-state index contributed by atoms with van der Waals surface area (Å²) in [5.74, 6) is 0. The predicted octanol–water partition coefficient (Wildman–Crippen LogP) is 14.1. The van der Waals surface area contributed by atoms with Gasteiger partial charge in [0.2, 0.25) is 0 Å². The maximum atomic E-state index is 2.39. The molecule has 0 aromatic heterocycles. The van der Waals surface area contributed by atoms with Crippen molar-refractivity contribution in [2.75, 3.05) is 0 Å². The van der Waals surface area contributed by atoms with Gasteiger partial charge in [0.05, 0.1) is 0 Å². The van der Waals surface area contributed by atoms with Crippen molar-refractivity contribution >= 4 is 32.3 Å². The number of benzene rings is 9. The van der Waals surface area contributed by atoms with Gasteiger partial charge in [0.25, 0.3) is 0 Å². The Bertz CT molecular complexity index is 2730. The SMILES string of the molecule is CC1(C)c2ccc3ccccc3c2-c2cccc(-c3ccc(-c4c5ccccc5c(-c5ccc(-c6ccccc6)cc5)c5ccccc45)cc3)c21. The van der Waals surface area contributed by atoms with Gasteiger partial charge in [0, 0.05) is 5.41 Å². The van der Waals surface area contributed by atoms with Crippen LogP contribution in [0.3, 0.4) is 0 Å². The van der Waals surface area contributed by atoms with Crippen molar-refractivity contribution in [2.24, 2.45) is 0 Å². The second kappa shape index (κ2) is 11.4. The van der Waals surface area contributed by atoms with E-state index in [1.807, 2.05) is 0 Å². The van der Waals surface area contributed by atoms with E-state index < -0.39 is 0 Å². The van der Waals surface area contributed by atoms with Crippen LogP contribution in [0.5, 0.6) is 0 Å². The summed E-state index contributed by atoms with van der Waals surface area (Å²) in [6, 6.07) is 67.2. The van der Waals surface area contributed by atoms with Gasteiger partial charge >= 0.3 is 0 Å². The Hall–Kier alpha value is -6.24. The lowest BCUT2D eigenvalue weighted by Gasteiger charge is -2.25. The molecule has 0 heteroatoms. The van der Waals surface area contributed by atoms with Crippen molar-refractivity contribution < 1.29 is 0 Å². The van der Waals surface area contributed by atoms with E-state index in [9.17, 15) is 0 Å². The lowest BCUT2D eigenvalue weighted by atomic mass is 9.78. The van der Waals surface area contributed by atoms with Gasteiger partial charge in [-0.3, -0.25) is 0 Å². The minimum absolute atomic E-state index is 0.106. The highest BCUT2D eigenvalue weighted by atomic mass is 14.4. The quantitative estimate of drug-likeness (QED) is 0.167. The lowest BCUT2D eigenvalue weighted by Crippen LogP contribution is -2.16. The van der Waals surface area contributed by atoms with Gasteiger partial charge in [0.1, 0.15) is 0 Å². The Morgan fingerprint density at radius 1 is 0.294 bits per heavy atom. The highest BCUT2D eigenvalue weighted by Crippen LogP contribution is 2.54. The van der Waals surface area contributed by atoms with Gasteiger partial charge in [0.15, 0.2) is 0 Å². The molecule has 0 saturated carbocycles. The molecule has 1 aliphatic carbocycles. The molecule has 0 aliphatic heterocycles. The van der Waals surface area contributed by atoms with Crippen LogP contribution in [0, 0.1) is 0 Å². The van der Waals surface area contributed by atoms with E-state index in [1.165, 1.54) is 99.1 Å². The molecule has 0 nitrogen and oxygen atoms in total. The average molecular weight is 649 g/mol. The third kappa shape index (κ3) is 4.53. The van der Waals surface area contributed by atoms with E-state index in [4.69, 9.17) is 0 Å². The second-order valence-electron chi connectivity index (χ2n) is 14.4. The second-order valence-corrected chi connectivity index (χ2v) is 14.4. The first-order valence-electron chi connectivity index (χ1n) is 17.9. The monoisotopic (exact) mass is 648 g/mol. The smallest absolute Gasteiger partial charge is 0.0165 e. The van der Waals surface area contributed by atoms with Gasteiger partial charge in [-0.2, -0.15) is 0 Å². The summed E-state index contributed by atoms with van der Waals surface area (Å²) in [6.07, 6.45) is 0. The topological polar surface area (TPSA) is 0 Å². The molecule has 0 saturated heterocycles. The van der Waals surface area contributed by atoms with Crippen molar-refractivity contribution in [1.29, 1.82) is 0 Å². The van der Waals surface area contributed by atoms with E-state index in [1.54, 1.807) is 0 Å². The molecule has 0 atom stereocenters. The van der Waals surface area contributed by atoms with Gasteiger partial charge in [-0.25, -0.2) is 0 Å². The predicted molar refractivity (Wildman–Crippen MR) is 218 cm³/mol. The van der Waals surface area contributed by atoms with E-state index in [2.05, 4.69) is 196 Å². The number of fused-ring (bicyclic) bond motifs is 7. The molecule has 51 heavy (non-hydrogen) atoms. The van der Waals surface area contributed by atoms with Crippen LogP contribution in [0.25, 0.3) is 88.0 Å². The summed E-state index contributed by atoms with van der Waals surface area (Å²) in [6.45, 7) is 4.78. The van der Waals surface area contributed by atoms with Crippen molar-refractivity contribution in [3.63, 3.8) is 0 Å². The Balaban J connectivity index is 1.11. The van der Waals surface area contributed by atoms with Crippen LogP contribution in [0.1, 0.15) is 25.0 Å². The fourth-order valence-electron chi connectivity index (χ4n) is 8.92. The van der Waals surface area contributed by atoms with Gasteiger partial charge in [-0.05, 0) is 99.1 Å².